The van der Waals surface area contributed by atoms with E-state index in [1.165, 1.54) is 0 Å². The lowest BCUT2D eigenvalue weighted by Gasteiger charge is -2.26. The summed E-state index contributed by atoms with van der Waals surface area (Å²) in [6.45, 7) is 6.60. The summed E-state index contributed by atoms with van der Waals surface area (Å²) in [5.41, 5.74) is 0.503. The van der Waals surface area contributed by atoms with Gasteiger partial charge in [0.2, 0.25) is 11.8 Å². The molecule has 1 heterocycles. The zero-order valence-corrected chi connectivity index (χ0v) is 18.0. The van der Waals surface area contributed by atoms with Crippen LogP contribution >= 0.6 is 11.3 Å². The summed E-state index contributed by atoms with van der Waals surface area (Å²) in [4.78, 5) is 29.7. The van der Waals surface area contributed by atoms with Crippen LogP contribution in [0.4, 0.5) is 5.69 Å². The molecule has 1 aromatic carbocycles. The van der Waals surface area contributed by atoms with Crippen molar-refractivity contribution in [2.24, 2.45) is 0 Å². The average molecular weight is 404 g/mol. The summed E-state index contributed by atoms with van der Waals surface area (Å²) in [6, 6.07) is 11.4. The van der Waals surface area contributed by atoms with E-state index in [-0.39, 0.29) is 30.4 Å². The second-order valence-electron chi connectivity index (χ2n) is 7.73. The van der Waals surface area contributed by atoms with Crippen LogP contribution in [-0.2, 0) is 16.1 Å². The Morgan fingerprint density at radius 2 is 1.79 bits per heavy atom. The Kier molecular flexibility index (Phi) is 7.60. The number of hydrogen-bond acceptors (Lipinski definition) is 5. The zero-order valence-electron chi connectivity index (χ0n) is 17.2. The largest absolute Gasteiger partial charge is 0.497 e. The molecule has 6 nitrogen and oxygen atoms in total. The summed E-state index contributed by atoms with van der Waals surface area (Å²) in [7, 11) is 3.39. The molecule has 0 atom stereocenters. The maximum atomic E-state index is 13.0. The summed E-state index contributed by atoms with van der Waals surface area (Å²) >= 11 is 1.61. The van der Waals surface area contributed by atoms with Gasteiger partial charge in [-0.1, -0.05) is 6.07 Å². The van der Waals surface area contributed by atoms with Gasteiger partial charge in [0.15, 0.2) is 0 Å². The van der Waals surface area contributed by atoms with Gasteiger partial charge in [-0.2, -0.15) is 0 Å². The van der Waals surface area contributed by atoms with Crippen molar-refractivity contribution in [2.45, 2.75) is 32.9 Å². The van der Waals surface area contributed by atoms with Crippen molar-refractivity contribution in [2.75, 3.05) is 32.1 Å². The van der Waals surface area contributed by atoms with Crippen molar-refractivity contribution in [3.63, 3.8) is 0 Å². The number of anilines is 1. The summed E-state index contributed by atoms with van der Waals surface area (Å²) in [6.07, 6.45) is 0. The van der Waals surface area contributed by atoms with Crippen LogP contribution in [0.2, 0.25) is 0 Å². The molecule has 28 heavy (non-hydrogen) atoms. The third-order valence-electron chi connectivity index (χ3n) is 3.91. The van der Waals surface area contributed by atoms with Crippen molar-refractivity contribution < 1.29 is 14.3 Å². The molecular weight excluding hydrogens is 374 g/mol. The van der Waals surface area contributed by atoms with Crippen LogP contribution in [0.1, 0.15) is 25.6 Å². The molecule has 7 heteroatoms. The van der Waals surface area contributed by atoms with Crippen LogP contribution in [0.15, 0.2) is 41.8 Å². The molecule has 0 radical (unpaired) electrons. The molecule has 152 valence electrons. The van der Waals surface area contributed by atoms with Crippen molar-refractivity contribution >= 4 is 28.8 Å². The Hall–Kier alpha value is -2.38. The minimum atomic E-state index is -0.295. The summed E-state index contributed by atoms with van der Waals surface area (Å²) < 4.78 is 5.21. The lowest BCUT2D eigenvalue weighted by Crippen LogP contribution is -2.47. The highest BCUT2D eigenvalue weighted by atomic mass is 32.1. The van der Waals surface area contributed by atoms with Gasteiger partial charge < -0.3 is 15.0 Å². The van der Waals surface area contributed by atoms with E-state index in [2.05, 4.69) is 5.32 Å². The lowest BCUT2D eigenvalue weighted by molar-refractivity contribution is -0.124. The molecule has 0 aliphatic carbocycles. The number of methoxy groups -OCH3 is 1. The Bertz CT molecular complexity index is 767. The molecule has 0 unspecified atom stereocenters. The van der Waals surface area contributed by atoms with E-state index in [1.54, 1.807) is 35.3 Å². The number of amides is 2. The zero-order chi connectivity index (χ0) is 20.7. The highest BCUT2D eigenvalue weighted by Gasteiger charge is 2.21. The van der Waals surface area contributed by atoms with Gasteiger partial charge in [0.05, 0.1) is 26.7 Å². The predicted octanol–water partition coefficient (Wildman–Crippen LogP) is 3.14. The predicted molar refractivity (Wildman–Crippen MR) is 114 cm³/mol. The minimum Gasteiger partial charge on any atom is -0.497 e. The van der Waals surface area contributed by atoms with Crippen molar-refractivity contribution in [3.05, 3.63) is 46.7 Å². The number of carbonyl (C=O) groups is 2. The van der Waals surface area contributed by atoms with Gasteiger partial charge in [-0.05, 0) is 63.5 Å². The number of thiophene rings is 1. The van der Waals surface area contributed by atoms with Gasteiger partial charge in [-0.3, -0.25) is 14.5 Å². The topological polar surface area (TPSA) is 61.9 Å². The quantitative estimate of drug-likeness (QED) is 0.736. The van der Waals surface area contributed by atoms with Crippen LogP contribution in [0.5, 0.6) is 5.75 Å². The average Bonchev–Trinajstić information content (AvgIpc) is 3.11. The van der Waals surface area contributed by atoms with Crippen LogP contribution in [-0.4, -0.2) is 49.5 Å². The SMILES string of the molecule is COc1ccc(N(Cc2cccs2)C(=O)CN(C)CC(=O)NC(C)(C)C)cc1. The Labute approximate surface area is 171 Å². The van der Waals surface area contributed by atoms with Crippen LogP contribution < -0.4 is 15.0 Å². The van der Waals surface area contributed by atoms with E-state index in [0.717, 1.165) is 16.3 Å². The second kappa shape index (κ2) is 9.71. The fourth-order valence-electron chi connectivity index (χ4n) is 2.72. The van der Waals surface area contributed by atoms with Gasteiger partial charge in [0.25, 0.3) is 0 Å². The third kappa shape index (κ3) is 6.98. The van der Waals surface area contributed by atoms with E-state index in [9.17, 15) is 9.59 Å². The highest BCUT2D eigenvalue weighted by molar-refractivity contribution is 7.09. The Morgan fingerprint density at radius 1 is 1.11 bits per heavy atom. The minimum absolute atomic E-state index is 0.0652. The van der Waals surface area contributed by atoms with E-state index in [1.807, 2.05) is 62.5 Å². The number of nitrogens with zero attached hydrogens (tertiary/aromatic N) is 2. The number of rotatable bonds is 8. The Morgan fingerprint density at radius 3 is 2.32 bits per heavy atom. The maximum absolute atomic E-state index is 13.0. The second-order valence-corrected chi connectivity index (χ2v) is 8.76. The summed E-state index contributed by atoms with van der Waals surface area (Å²) in [5, 5.41) is 4.91. The molecule has 0 spiro atoms. The molecule has 0 bridgehead atoms. The van der Waals surface area contributed by atoms with Gasteiger partial charge >= 0.3 is 0 Å². The van der Waals surface area contributed by atoms with Gasteiger partial charge in [-0.15, -0.1) is 11.3 Å². The first-order valence-electron chi connectivity index (χ1n) is 9.14. The standard InChI is InChI=1S/C21H29N3O3S/c1-21(2,3)22-19(25)14-23(4)15-20(26)24(13-18-7-6-12-28-18)16-8-10-17(27-5)11-9-16/h6-12H,13-15H2,1-5H3,(H,22,25). The molecule has 2 amide bonds. The molecule has 1 N–H and O–H groups in total. The fraction of sp³-hybridized carbons (Fsp3) is 0.429. The molecule has 0 saturated heterocycles. The molecule has 0 saturated carbocycles. The molecule has 2 aromatic rings. The first-order chi connectivity index (χ1) is 13.2. The molecule has 1 aromatic heterocycles. The summed E-state index contributed by atoms with van der Waals surface area (Å²) in [5.74, 6) is 0.574. The number of nitrogens with one attached hydrogen (secondary N) is 1. The first kappa shape index (κ1) is 21.9. The van der Waals surface area contributed by atoms with E-state index < -0.39 is 0 Å². The van der Waals surface area contributed by atoms with Crippen LogP contribution in [0, 0.1) is 0 Å². The van der Waals surface area contributed by atoms with Crippen molar-refractivity contribution in [1.82, 2.24) is 10.2 Å². The molecule has 2 rings (SSSR count). The molecule has 0 aliphatic rings. The van der Waals surface area contributed by atoms with Gasteiger partial charge in [0.1, 0.15) is 5.75 Å². The highest BCUT2D eigenvalue weighted by Crippen LogP contribution is 2.23. The molecule has 0 fully saturated rings. The van der Waals surface area contributed by atoms with E-state index in [4.69, 9.17) is 4.74 Å². The van der Waals surface area contributed by atoms with Gasteiger partial charge in [0, 0.05) is 16.1 Å². The van der Waals surface area contributed by atoms with E-state index in [0.29, 0.717) is 6.54 Å². The third-order valence-corrected chi connectivity index (χ3v) is 4.77. The smallest absolute Gasteiger partial charge is 0.241 e. The number of benzene rings is 1. The molecule has 0 aliphatic heterocycles. The maximum Gasteiger partial charge on any atom is 0.241 e. The monoisotopic (exact) mass is 403 g/mol. The number of carbonyl (C=O) groups excluding carboxylic acids is 2. The van der Waals surface area contributed by atoms with Crippen molar-refractivity contribution in [3.8, 4) is 5.75 Å². The normalized spacial score (nSPS) is 11.4. The van der Waals surface area contributed by atoms with E-state index >= 15 is 0 Å². The van der Waals surface area contributed by atoms with Crippen LogP contribution in [0.25, 0.3) is 0 Å². The molecular formula is C21H29N3O3S. The van der Waals surface area contributed by atoms with Crippen molar-refractivity contribution in [1.29, 1.82) is 0 Å². The fourth-order valence-corrected chi connectivity index (χ4v) is 3.41. The number of ether oxygens (including phenoxy) is 1. The van der Waals surface area contributed by atoms with Gasteiger partial charge in [-0.25, -0.2) is 0 Å². The number of likely N-dealkylation sites (N-methyl/N-ethyl adjacent to an activating group) is 1. The first-order valence-corrected chi connectivity index (χ1v) is 10.0. The number of hydrogen-bond donors (Lipinski definition) is 1. The Balaban J connectivity index is 2.08. The van der Waals surface area contributed by atoms with Crippen LogP contribution in [0.3, 0.4) is 0 Å². The lowest BCUT2D eigenvalue weighted by atomic mass is 10.1.